The first-order valence-corrected chi connectivity index (χ1v) is 9.55. The van der Waals surface area contributed by atoms with E-state index in [1.54, 1.807) is 0 Å². The van der Waals surface area contributed by atoms with Crippen molar-refractivity contribution in [3.63, 3.8) is 0 Å². The molecule has 1 N–H and O–H groups in total. The molecule has 1 aliphatic carbocycles. The van der Waals surface area contributed by atoms with Gasteiger partial charge in [-0.3, -0.25) is 0 Å². The van der Waals surface area contributed by atoms with Crippen LogP contribution < -0.4 is 0 Å². The number of hydrogen-bond acceptors (Lipinski definition) is 2. The lowest BCUT2D eigenvalue weighted by atomic mass is 10.0. The molecule has 0 radical (unpaired) electrons. The van der Waals surface area contributed by atoms with E-state index in [1.165, 1.54) is 0 Å². The van der Waals surface area contributed by atoms with E-state index in [9.17, 15) is 5.11 Å². The quantitative estimate of drug-likeness (QED) is 0.613. The zero-order chi connectivity index (χ0) is 13.3. The normalized spacial score (nSPS) is 30.6. The topological polar surface area (TPSA) is 29.5 Å². The van der Waals surface area contributed by atoms with E-state index < -0.39 is 8.32 Å². The molecule has 0 aromatic carbocycles. The van der Waals surface area contributed by atoms with Crippen molar-refractivity contribution in [3.8, 4) is 0 Å². The van der Waals surface area contributed by atoms with Gasteiger partial charge in [0.15, 0.2) is 8.32 Å². The standard InChI is InChI=1S/C14H28O2Si/c1-7-8-11-9-12(10-13(11)15)16-17(5,6)14(2,3)4/h7,11-13,15H,1,8-10H2,2-6H3/t11-,12-,13-/m0/s1. The number of aliphatic hydroxyl groups is 1. The van der Waals surface area contributed by atoms with E-state index in [2.05, 4.69) is 40.4 Å². The van der Waals surface area contributed by atoms with Gasteiger partial charge in [0.25, 0.3) is 0 Å². The smallest absolute Gasteiger partial charge is 0.192 e. The third-order valence-corrected chi connectivity index (χ3v) is 8.89. The maximum Gasteiger partial charge on any atom is 0.192 e. The number of allylic oxidation sites excluding steroid dienone is 1. The van der Waals surface area contributed by atoms with Crippen molar-refractivity contribution < 1.29 is 9.53 Å². The van der Waals surface area contributed by atoms with Crippen molar-refractivity contribution in [2.24, 2.45) is 5.92 Å². The van der Waals surface area contributed by atoms with Crippen molar-refractivity contribution in [1.29, 1.82) is 0 Å². The minimum Gasteiger partial charge on any atom is -0.414 e. The molecule has 3 heteroatoms. The van der Waals surface area contributed by atoms with Gasteiger partial charge in [-0.2, -0.15) is 0 Å². The minimum absolute atomic E-state index is 0.206. The summed E-state index contributed by atoms with van der Waals surface area (Å²) in [5.74, 6) is 0.349. The fourth-order valence-corrected chi connectivity index (χ4v) is 3.59. The molecular formula is C14H28O2Si. The molecule has 0 amide bonds. The van der Waals surface area contributed by atoms with Gasteiger partial charge in [0.2, 0.25) is 0 Å². The van der Waals surface area contributed by atoms with Gasteiger partial charge in [-0.25, -0.2) is 0 Å². The first kappa shape index (κ1) is 14.9. The highest BCUT2D eigenvalue weighted by Gasteiger charge is 2.42. The van der Waals surface area contributed by atoms with E-state index >= 15 is 0 Å². The van der Waals surface area contributed by atoms with Crippen molar-refractivity contribution in [2.45, 2.75) is 70.4 Å². The van der Waals surface area contributed by atoms with Crippen LogP contribution >= 0.6 is 0 Å². The van der Waals surface area contributed by atoms with Crippen LogP contribution in [0.15, 0.2) is 12.7 Å². The summed E-state index contributed by atoms with van der Waals surface area (Å²) in [5, 5.41) is 10.2. The third-order valence-electron chi connectivity index (χ3n) is 4.35. The summed E-state index contributed by atoms with van der Waals surface area (Å²) < 4.78 is 6.35. The Balaban J connectivity index is 2.58. The van der Waals surface area contributed by atoms with Gasteiger partial charge in [-0.05, 0) is 43.3 Å². The molecule has 1 rings (SSSR count). The Labute approximate surface area is 107 Å². The van der Waals surface area contributed by atoms with Crippen LogP contribution in [0.3, 0.4) is 0 Å². The molecule has 0 unspecified atom stereocenters. The third kappa shape index (κ3) is 3.67. The zero-order valence-corrected chi connectivity index (χ0v) is 13.0. The summed E-state index contributed by atoms with van der Waals surface area (Å²) in [4.78, 5) is 0. The highest BCUT2D eigenvalue weighted by Crippen LogP contribution is 2.40. The Hall–Kier alpha value is -0.123. The molecule has 2 nitrogen and oxygen atoms in total. The molecule has 1 saturated carbocycles. The highest BCUT2D eigenvalue weighted by atomic mass is 28.4. The van der Waals surface area contributed by atoms with Crippen molar-refractivity contribution in [2.75, 3.05) is 0 Å². The lowest BCUT2D eigenvalue weighted by Crippen LogP contribution is -2.43. The zero-order valence-electron chi connectivity index (χ0n) is 12.0. The fourth-order valence-electron chi connectivity index (χ4n) is 2.21. The lowest BCUT2D eigenvalue weighted by Gasteiger charge is -2.38. The van der Waals surface area contributed by atoms with Crippen LogP contribution in [0.5, 0.6) is 0 Å². The van der Waals surface area contributed by atoms with Crippen LogP contribution in [-0.2, 0) is 4.43 Å². The van der Waals surface area contributed by atoms with Gasteiger partial charge in [-0.15, -0.1) is 6.58 Å². The predicted octanol–water partition coefficient (Wildman–Crippen LogP) is 3.72. The van der Waals surface area contributed by atoms with Gasteiger partial charge in [-0.1, -0.05) is 26.8 Å². The molecule has 100 valence electrons. The first-order valence-electron chi connectivity index (χ1n) is 6.64. The van der Waals surface area contributed by atoms with E-state index in [0.717, 1.165) is 19.3 Å². The van der Waals surface area contributed by atoms with Crippen LogP contribution in [0, 0.1) is 5.92 Å². The average Bonchev–Trinajstić information content (AvgIpc) is 2.44. The first-order chi connectivity index (χ1) is 7.67. The van der Waals surface area contributed by atoms with E-state index in [4.69, 9.17) is 4.43 Å². The van der Waals surface area contributed by atoms with Crippen LogP contribution in [0.2, 0.25) is 18.1 Å². The maximum atomic E-state index is 9.98. The highest BCUT2D eigenvalue weighted by molar-refractivity contribution is 6.74. The second-order valence-corrected chi connectivity index (χ2v) is 11.6. The molecule has 3 atom stereocenters. The average molecular weight is 256 g/mol. The SMILES string of the molecule is C=CC[C@H]1C[C@H](O[Si](C)(C)C(C)(C)C)C[C@@H]1O. The summed E-state index contributed by atoms with van der Waals surface area (Å²) in [6.45, 7) is 15.1. The Morgan fingerprint density at radius 2 is 1.94 bits per heavy atom. The second kappa shape index (κ2) is 5.25. The Kier molecular flexibility index (Phi) is 4.61. The second-order valence-electron chi connectivity index (χ2n) is 6.82. The van der Waals surface area contributed by atoms with E-state index in [1.807, 2.05) is 6.08 Å². The molecule has 0 bridgehead atoms. The molecule has 0 heterocycles. The summed E-state index contributed by atoms with van der Waals surface area (Å²) in [6.07, 6.45) is 4.63. The van der Waals surface area contributed by atoms with E-state index in [0.29, 0.717) is 5.92 Å². The Morgan fingerprint density at radius 1 is 1.35 bits per heavy atom. The summed E-state index contributed by atoms with van der Waals surface area (Å²) >= 11 is 0. The number of rotatable bonds is 4. The molecular weight excluding hydrogens is 228 g/mol. The van der Waals surface area contributed by atoms with Gasteiger partial charge in [0, 0.05) is 6.10 Å². The molecule has 1 fully saturated rings. The largest absolute Gasteiger partial charge is 0.414 e. The molecule has 0 saturated heterocycles. The number of aliphatic hydroxyl groups excluding tert-OH is 1. The molecule has 17 heavy (non-hydrogen) atoms. The van der Waals surface area contributed by atoms with Gasteiger partial charge < -0.3 is 9.53 Å². The summed E-state index contributed by atoms with van der Waals surface area (Å²) in [5.41, 5.74) is 0. The Bertz CT molecular complexity index is 268. The molecule has 0 aromatic rings. The molecule has 0 aliphatic heterocycles. The number of hydrogen-bond donors (Lipinski definition) is 1. The van der Waals surface area contributed by atoms with Crippen molar-refractivity contribution in [3.05, 3.63) is 12.7 Å². The summed E-state index contributed by atoms with van der Waals surface area (Å²) in [6, 6.07) is 0. The predicted molar refractivity (Wildman–Crippen MR) is 75.6 cm³/mol. The van der Waals surface area contributed by atoms with Gasteiger partial charge in [0.1, 0.15) is 0 Å². The van der Waals surface area contributed by atoms with Crippen LogP contribution in [0.4, 0.5) is 0 Å². The van der Waals surface area contributed by atoms with Crippen molar-refractivity contribution >= 4 is 8.32 Å². The van der Waals surface area contributed by atoms with E-state index in [-0.39, 0.29) is 17.2 Å². The van der Waals surface area contributed by atoms with Crippen LogP contribution in [0.25, 0.3) is 0 Å². The van der Waals surface area contributed by atoms with Crippen molar-refractivity contribution in [1.82, 2.24) is 0 Å². The fraction of sp³-hybridized carbons (Fsp3) is 0.857. The Morgan fingerprint density at radius 3 is 2.41 bits per heavy atom. The summed E-state index contributed by atoms with van der Waals surface area (Å²) in [7, 11) is -1.69. The monoisotopic (exact) mass is 256 g/mol. The molecule has 1 aliphatic rings. The van der Waals surface area contributed by atoms with Gasteiger partial charge in [0.05, 0.1) is 6.10 Å². The lowest BCUT2D eigenvalue weighted by molar-refractivity contribution is 0.122. The van der Waals surface area contributed by atoms with Crippen LogP contribution in [0.1, 0.15) is 40.0 Å². The molecule has 0 spiro atoms. The minimum atomic E-state index is -1.69. The van der Waals surface area contributed by atoms with Gasteiger partial charge >= 0.3 is 0 Å². The van der Waals surface area contributed by atoms with Crippen LogP contribution in [-0.4, -0.2) is 25.6 Å². The maximum absolute atomic E-state index is 9.98. The molecule has 0 aromatic heterocycles.